The van der Waals surface area contributed by atoms with Gasteiger partial charge in [0.25, 0.3) is 0 Å². The summed E-state index contributed by atoms with van der Waals surface area (Å²) in [5.41, 5.74) is 3.89. The first-order valence-electron chi connectivity index (χ1n) is 7.69. The molecular weight excluding hydrogens is 326 g/mol. The molecule has 8 heteroatoms. The number of aromatic amines is 1. The van der Waals surface area contributed by atoms with Gasteiger partial charge in [0.05, 0.1) is 5.69 Å². The third kappa shape index (κ3) is 2.78. The van der Waals surface area contributed by atoms with Crippen molar-refractivity contribution < 1.29 is 8.42 Å². The van der Waals surface area contributed by atoms with Crippen LogP contribution in [0.2, 0.25) is 0 Å². The van der Waals surface area contributed by atoms with Crippen molar-refractivity contribution in [1.82, 2.24) is 24.8 Å². The molecule has 0 aromatic carbocycles. The largest absolute Gasteiger partial charge is 0.346 e. The zero-order valence-corrected chi connectivity index (χ0v) is 14.0. The molecule has 0 bridgehead atoms. The Kier molecular flexibility index (Phi) is 3.58. The summed E-state index contributed by atoms with van der Waals surface area (Å²) >= 11 is 0. The summed E-state index contributed by atoms with van der Waals surface area (Å²) in [4.78, 5) is 18.0. The SMILES string of the molecule is CS(=O)(=O)c1ncc2c(n1)CN(Cc1c[nH]c3ncccc13)CC2. The van der Waals surface area contributed by atoms with E-state index in [4.69, 9.17) is 0 Å². The fourth-order valence-corrected chi connectivity index (χ4v) is 3.56. The standard InChI is InChI=1S/C16H17N5O2S/c1-24(22,23)16-19-7-11-4-6-21(10-14(11)20-16)9-12-8-18-15-13(12)3-2-5-17-15/h2-3,5,7-8H,4,6,9-10H2,1H3,(H,17,18). The van der Waals surface area contributed by atoms with Crippen LogP contribution in [0.25, 0.3) is 11.0 Å². The van der Waals surface area contributed by atoms with Gasteiger partial charge >= 0.3 is 0 Å². The number of pyridine rings is 1. The van der Waals surface area contributed by atoms with Crippen LogP contribution in [0.5, 0.6) is 0 Å². The Labute approximate surface area is 139 Å². The van der Waals surface area contributed by atoms with E-state index >= 15 is 0 Å². The summed E-state index contributed by atoms with van der Waals surface area (Å²) in [7, 11) is -3.39. The molecule has 4 heterocycles. The molecule has 3 aromatic heterocycles. The maximum absolute atomic E-state index is 11.7. The second-order valence-corrected chi connectivity index (χ2v) is 7.98. The molecule has 0 spiro atoms. The van der Waals surface area contributed by atoms with Gasteiger partial charge in [-0.15, -0.1) is 0 Å². The van der Waals surface area contributed by atoms with E-state index in [0.29, 0.717) is 6.54 Å². The fourth-order valence-electron chi connectivity index (χ4n) is 3.04. The van der Waals surface area contributed by atoms with Gasteiger partial charge in [0.1, 0.15) is 5.65 Å². The molecule has 24 heavy (non-hydrogen) atoms. The van der Waals surface area contributed by atoms with Crippen LogP contribution >= 0.6 is 0 Å². The minimum Gasteiger partial charge on any atom is -0.346 e. The minimum atomic E-state index is -3.39. The Morgan fingerprint density at radius 3 is 3.04 bits per heavy atom. The van der Waals surface area contributed by atoms with E-state index in [2.05, 4.69) is 30.9 Å². The summed E-state index contributed by atoms with van der Waals surface area (Å²) in [6.45, 7) is 2.28. The average molecular weight is 343 g/mol. The van der Waals surface area contributed by atoms with Crippen LogP contribution in [0.15, 0.2) is 35.9 Å². The Bertz CT molecular complexity index is 1010. The summed E-state index contributed by atoms with van der Waals surface area (Å²) < 4.78 is 23.3. The predicted octanol–water partition coefficient (Wildman–Crippen LogP) is 1.31. The maximum Gasteiger partial charge on any atom is 0.247 e. The third-order valence-electron chi connectivity index (χ3n) is 4.27. The van der Waals surface area contributed by atoms with Gasteiger partial charge in [-0.3, -0.25) is 4.90 Å². The molecule has 7 nitrogen and oxygen atoms in total. The van der Waals surface area contributed by atoms with Crippen molar-refractivity contribution in [3.63, 3.8) is 0 Å². The number of hydrogen-bond acceptors (Lipinski definition) is 6. The molecule has 0 amide bonds. The van der Waals surface area contributed by atoms with E-state index in [1.54, 1.807) is 12.4 Å². The molecule has 4 rings (SSSR count). The Hall–Kier alpha value is -2.32. The van der Waals surface area contributed by atoms with Crippen LogP contribution < -0.4 is 0 Å². The van der Waals surface area contributed by atoms with E-state index in [1.807, 2.05) is 12.3 Å². The summed E-state index contributed by atoms with van der Waals surface area (Å²) in [6, 6.07) is 3.98. The van der Waals surface area contributed by atoms with E-state index in [0.717, 1.165) is 48.1 Å². The molecular formula is C16H17N5O2S. The number of nitrogens with one attached hydrogen (secondary N) is 1. The van der Waals surface area contributed by atoms with Crippen molar-refractivity contribution >= 4 is 20.9 Å². The maximum atomic E-state index is 11.7. The van der Waals surface area contributed by atoms with Crippen LogP contribution in [0.1, 0.15) is 16.8 Å². The molecule has 3 aromatic rings. The third-order valence-corrected chi connectivity index (χ3v) is 5.13. The molecule has 0 aliphatic carbocycles. The highest BCUT2D eigenvalue weighted by atomic mass is 32.2. The monoisotopic (exact) mass is 343 g/mol. The number of sulfone groups is 1. The molecule has 0 atom stereocenters. The quantitative estimate of drug-likeness (QED) is 0.721. The fraction of sp³-hybridized carbons (Fsp3) is 0.312. The lowest BCUT2D eigenvalue weighted by Gasteiger charge is -2.27. The van der Waals surface area contributed by atoms with Gasteiger partial charge < -0.3 is 4.98 Å². The van der Waals surface area contributed by atoms with Crippen LogP contribution in [0.4, 0.5) is 0 Å². The van der Waals surface area contributed by atoms with Gasteiger partial charge in [-0.05, 0) is 29.7 Å². The van der Waals surface area contributed by atoms with E-state index < -0.39 is 9.84 Å². The smallest absolute Gasteiger partial charge is 0.247 e. The van der Waals surface area contributed by atoms with Crippen molar-refractivity contribution in [2.75, 3.05) is 12.8 Å². The normalized spacial score (nSPS) is 15.5. The lowest BCUT2D eigenvalue weighted by molar-refractivity contribution is 0.241. The number of H-pyrrole nitrogens is 1. The van der Waals surface area contributed by atoms with E-state index in [1.165, 1.54) is 5.56 Å². The number of hydrogen-bond donors (Lipinski definition) is 1. The van der Waals surface area contributed by atoms with Crippen LogP contribution in [-0.2, 0) is 29.3 Å². The number of aromatic nitrogens is 4. The molecule has 0 unspecified atom stereocenters. The lowest BCUT2D eigenvalue weighted by atomic mass is 10.1. The molecule has 0 radical (unpaired) electrons. The van der Waals surface area contributed by atoms with Crippen LogP contribution in [0, 0.1) is 0 Å². The zero-order valence-electron chi connectivity index (χ0n) is 13.2. The van der Waals surface area contributed by atoms with Gasteiger partial charge in [-0.2, -0.15) is 0 Å². The topological polar surface area (TPSA) is 91.8 Å². The number of nitrogens with zero attached hydrogens (tertiary/aromatic N) is 4. The van der Waals surface area contributed by atoms with Crippen molar-refractivity contribution in [2.45, 2.75) is 24.7 Å². The summed E-state index contributed by atoms with van der Waals surface area (Å²) in [5, 5.41) is 1.02. The van der Waals surface area contributed by atoms with Gasteiger partial charge in [0.15, 0.2) is 0 Å². The number of rotatable bonds is 3. The molecule has 0 saturated heterocycles. The Balaban J connectivity index is 1.60. The van der Waals surface area contributed by atoms with Crippen LogP contribution in [-0.4, -0.2) is 46.1 Å². The predicted molar refractivity (Wildman–Crippen MR) is 89.1 cm³/mol. The van der Waals surface area contributed by atoms with Crippen molar-refractivity contribution in [1.29, 1.82) is 0 Å². The Morgan fingerprint density at radius 1 is 1.33 bits per heavy atom. The van der Waals surface area contributed by atoms with Gasteiger partial charge in [0, 0.05) is 49.9 Å². The molecule has 0 saturated carbocycles. The van der Waals surface area contributed by atoms with E-state index in [-0.39, 0.29) is 5.16 Å². The molecule has 1 aliphatic rings. The molecule has 0 fully saturated rings. The number of fused-ring (bicyclic) bond motifs is 2. The average Bonchev–Trinajstić information content (AvgIpc) is 2.97. The first-order valence-corrected chi connectivity index (χ1v) is 9.58. The van der Waals surface area contributed by atoms with Crippen molar-refractivity contribution in [2.24, 2.45) is 0 Å². The second kappa shape index (κ2) is 5.64. The molecule has 124 valence electrons. The highest BCUT2D eigenvalue weighted by Gasteiger charge is 2.21. The first-order chi connectivity index (χ1) is 11.5. The van der Waals surface area contributed by atoms with Gasteiger partial charge in [-0.1, -0.05) is 0 Å². The highest BCUT2D eigenvalue weighted by Crippen LogP contribution is 2.22. The zero-order chi connectivity index (χ0) is 16.7. The van der Waals surface area contributed by atoms with Crippen molar-refractivity contribution in [3.05, 3.63) is 47.5 Å². The minimum absolute atomic E-state index is 0.0978. The molecule has 1 aliphatic heterocycles. The molecule has 1 N–H and O–H groups in total. The van der Waals surface area contributed by atoms with E-state index in [9.17, 15) is 8.42 Å². The van der Waals surface area contributed by atoms with Gasteiger partial charge in [0.2, 0.25) is 15.0 Å². The van der Waals surface area contributed by atoms with Gasteiger partial charge in [-0.25, -0.2) is 23.4 Å². The second-order valence-electron chi connectivity index (χ2n) is 6.07. The highest BCUT2D eigenvalue weighted by molar-refractivity contribution is 7.90. The first kappa shape index (κ1) is 15.2. The summed E-state index contributed by atoms with van der Waals surface area (Å²) in [5.74, 6) is 0. The lowest BCUT2D eigenvalue weighted by Crippen LogP contribution is -2.31. The van der Waals surface area contributed by atoms with Crippen molar-refractivity contribution in [3.8, 4) is 0 Å². The Morgan fingerprint density at radius 2 is 2.21 bits per heavy atom. The summed E-state index contributed by atoms with van der Waals surface area (Å²) in [6.07, 6.45) is 7.35. The van der Waals surface area contributed by atoms with Crippen LogP contribution in [0.3, 0.4) is 0 Å².